The maximum absolute atomic E-state index is 13.0. The van der Waals surface area contributed by atoms with Gasteiger partial charge >= 0.3 is 0 Å². The molecule has 0 unspecified atom stereocenters. The van der Waals surface area contributed by atoms with Crippen LogP contribution in [0.4, 0.5) is 5.69 Å². The van der Waals surface area contributed by atoms with Gasteiger partial charge in [0.15, 0.2) is 0 Å². The third-order valence-corrected chi connectivity index (χ3v) is 7.03. The molecule has 186 valence electrons. The van der Waals surface area contributed by atoms with Crippen molar-refractivity contribution in [3.8, 4) is 0 Å². The molecule has 1 saturated heterocycles. The Morgan fingerprint density at radius 3 is 2.17 bits per heavy atom. The molecule has 2 N–H and O–H groups in total. The van der Waals surface area contributed by atoms with Gasteiger partial charge in [0, 0.05) is 36.6 Å². The van der Waals surface area contributed by atoms with Gasteiger partial charge < -0.3 is 15.5 Å². The molecule has 35 heavy (non-hydrogen) atoms. The summed E-state index contributed by atoms with van der Waals surface area (Å²) in [5.41, 5.74) is 1.57. The average molecular weight is 498 g/mol. The monoisotopic (exact) mass is 497 g/mol. The Labute approximate surface area is 211 Å². The molecule has 3 amide bonds. The number of likely N-dealkylation sites (N-methyl/N-ethyl adjacent to an activating group) is 1. The Kier molecular flexibility index (Phi) is 8.36. The number of nitrogens with one attached hydrogen (secondary N) is 2. The summed E-state index contributed by atoms with van der Waals surface area (Å²) in [7, 11) is 1.76. The van der Waals surface area contributed by atoms with Crippen molar-refractivity contribution in [2.45, 2.75) is 50.6 Å². The summed E-state index contributed by atoms with van der Waals surface area (Å²) < 4.78 is 0. The van der Waals surface area contributed by atoms with Crippen molar-refractivity contribution in [3.63, 3.8) is 0 Å². The van der Waals surface area contributed by atoms with Crippen molar-refractivity contribution in [1.82, 2.24) is 20.5 Å². The fourth-order valence-electron chi connectivity index (χ4n) is 4.70. The van der Waals surface area contributed by atoms with E-state index in [1.165, 1.54) is 6.20 Å². The normalized spacial score (nSPS) is 20.3. The maximum atomic E-state index is 13.0. The number of hydrogen-bond acceptors (Lipinski definition) is 5. The van der Waals surface area contributed by atoms with E-state index in [2.05, 4.69) is 20.5 Å². The smallest absolute Gasteiger partial charge is 0.270 e. The van der Waals surface area contributed by atoms with E-state index < -0.39 is 0 Å². The standard InChI is InChI=1S/C26H32ClN5O3/c1-31(24(33)17-32-14-4-5-15-32)20-11-8-18(9-12-20)25(34)29-21-6-2-3-7-22(21)30-26(35)23-13-10-19(27)16-28-23/h8-13,16,21-22H,2-7,14-15,17H2,1H3,(H,29,34)(H,30,35)/t21-,22+/m1/s1. The predicted molar refractivity (Wildman–Crippen MR) is 136 cm³/mol. The molecule has 8 nitrogen and oxygen atoms in total. The van der Waals surface area contributed by atoms with E-state index >= 15 is 0 Å². The van der Waals surface area contributed by atoms with Crippen LogP contribution in [0.1, 0.15) is 59.4 Å². The van der Waals surface area contributed by atoms with Gasteiger partial charge in [-0.1, -0.05) is 24.4 Å². The number of halogens is 1. The number of pyridine rings is 1. The van der Waals surface area contributed by atoms with Gasteiger partial charge in [-0.2, -0.15) is 0 Å². The van der Waals surface area contributed by atoms with Gasteiger partial charge in [0.2, 0.25) is 5.91 Å². The molecule has 2 atom stereocenters. The molecule has 2 heterocycles. The SMILES string of the molecule is CN(C(=O)CN1CCCC1)c1ccc(C(=O)N[C@@H]2CCCC[C@@H]2NC(=O)c2ccc(Cl)cn2)cc1. The number of rotatable bonds is 7. The Morgan fingerprint density at radius 1 is 0.943 bits per heavy atom. The van der Waals surface area contributed by atoms with E-state index in [9.17, 15) is 14.4 Å². The van der Waals surface area contributed by atoms with Crippen molar-refractivity contribution in [3.05, 3.63) is 58.9 Å². The summed E-state index contributed by atoms with van der Waals surface area (Å²) in [6.45, 7) is 2.36. The van der Waals surface area contributed by atoms with Gasteiger partial charge in [-0.3, -0.25) is 19.3 Å². The third-order valence-electron chi connectivity index (χ3n) is 6.81. The number of benzene rings is 1. The first-order valence-corrected chi connectivity index (χ1v) is 12.6. The van der Waals surface area contributed by atoms with E-state index in [0.29, 0.717) is 22.8 Å². The van der Waals surface area contributed by atoms with Gasteiger partial charge in [-0.15, -0.1) is 0 Å². The number of anilines is 1. The summed E-state index contributed by atoms with van der Waals surface area (Å²) >= 11 is 5.86. The number of carbonyl (C=O) groups is 3. The molecular formula is C26H32ClN5O3. The topological polar surface area (TPSA) is 94.6 Å². The lowest BCUT2D eigenvalue weighted by Gasteiger charge is -2.32. The lowest BCUT2D eigenvalue weighted by molar-refractivity contribution is -0.119. The molecule has 2 aliphatic rings. The summed E-state index contributed by atoms with van der Waals surface area (Å²) in [6.07, 6.45) is 7.27. The van der Waals surface area contributed by atoms with Gasteiger partial charge in [-0.05, 0) is 75.2 Å². The fraction of sp³-hybridized carbons (Fsp3) is 0.462. The predicted octanol–water partition coefficient (Wildman–Crippen LogP) is 3.26. The van der Waals surface area contributed by atoms with E-state index in [-0.39, 0.29) is 29.8 Å². The van der Waals surface area contributed by atoms with E-state index in [1.807, 2.05) is 0 Å². The van der Waals surface area contributed by atoms with Crippen LogP contribution in [0.5, 0.6) is 0 Å². The number of amides is 3. The summed E-state index contributed by atoms with van der Waals surface area (Å²) in [6, 6.07) is 9.93. The Morgan fingerprint density at radius 2 is 1.57 bits per heavy atom. The number of hydrogen-bond donors (Lipinski definition) is 2. The van der Waals surface area contributed by atoms with Crippen LogP contribution in [0.3, 0.4) is 0 Å². The Balaban J connectivity index is 1.34. The van der Waals surface area contributed by atoms with Crippen molar-refractivity contribution in [2.24, 2.45) is 0 Å². The van der Waals surface area contributed by atoms with Gasteiger partial charge in [0.25, 0.3) is 11.8 Å². The van der Waals surface area contributed by atoms with E-state index in [1.54, 1.807) is 48.3 Å². The van der Waals surface area contributed by atoms with Crippen LogP contribution in [0, 0.1) is 0 Å². The fourth-order valence-corrected chi connectivity index (χ4v) is 4.81. The quantitative estimate of drug-likeness (QED) is 0.612. The van der Waals surface area contributed by atoms with Gasteiger partial charge in [0.1, 0.15) is 5.69 Å². The molecule has 1 aromatic heterocycles. The lowest BCUT2D eigenvalue weighted by Crippen LogP contribution is -2.53. The second kappa shape index (κ2) is 11.6. The number of carbonyl (C=O) groups excluding carboxylic acids is 3. The van der Waals surface area contributed by atoms with Crippen LogP contribution in [0.25, 0.3) is 0 Å². The summed E-state index contributed by atoms with van der Waals surface area (Å²) in [5, 5.41) is 6.58. The first kappa shape index (κ1) is 25.1. The minimum Gasteiger partial charge on any atom is -0.347 e. The van der Waals surface area contributed by atoms with E-state index in [4.69, 9.17) is 11.6 Å². The molecule has 0 spiro atoms. The zero-order valence-corrected chi connectivity index (χ0v) is 20.8. The largest absolute Gasteiger partial charge is 0.347 e. The number of nitrogens with zero attached hydrogens (tertiary/aromatic N) is 3. The highest BCUT2D eigenvalue weighted by Gasteiger charge is 2.29. The minimum absolute atomic E-state index is 0.0417. The number of likely N-dealkylation sites (tertiary alicyclic amines) is 1. The zero-order chi connectivity index (χ0) is 24.8. The molecule has 2 aromatic rings. The van der Waals surface area contributed by atoms with Crippen molar-refractivity contribution in [2.75, 3.05) is 31.6 Å². The zero-order valence-electron chi connectivity index (χ0n) is 20.0. The van der Waals surface area contributed by atoms with Crippen molar-refractivity contribution >= 4 is 35.0 Å². The highest BCUT2D eigenvalue weighted by atomic mass is 35.5. The second-order valence-corrected chi connectivity index (χ2v) is 9.73. The van der Waals surface area contributed by atoms with Crippen LogP contribution in [-0.4, -0.2) is 66.4 Å². The highest BCUT2D eigenvalue weighted by Crippen LogP contribution is 2.21. The highest BCUT2D eigenvalue weighted by molar-refractivity contribution is 6.30. The lowest BCUT2D eigenvalue weighted by atomic mass is 9.90. The maximum Gasteiger partial charge on any atom is 0.270 e. The second-order valence-electron chi connectivity index (χ2n) is 9.29. The van der Waals surface area contributed by atoms with Crippen molar-refractivity contribution in [1.29, 1.82) is 0 Å². The Bertz CT molecular complexity index is 1040. The minimum atomic E-state index is -0.279. The molecule has 9 heteroatoms. The van der Waals surface area contributed by atoms with Crippen molar-refractivity contribution < 1.29 is 14.4 Å². The van der Waals surface area contributed by atoms with Crippen LogP contribution in [0.15, 0.2) is 42.6 Å². The first-order valence-electron chi connectivity index (χ1n) is 12.2. The molecule has 2 fully saturated rings. The summed E-state index contributed by atoms with van der Waals surface area (Å²) in [4.78, 5) is 46.1. The van der Waals surface area contributed by atoms with Crippen LogP contribution < -0.4 is 15.5 Å². The molecule has 0 bridgehead atoms. The third kappa shape index (κ3) is 6.58. The molecule has 1 aromatic carbocycles. The first-order chi connectivity index (χ1) is 16.9. The van der Waals surface area contributed by atoms with Gasteiger partial charge in [-0.25, -0.2) is 4.98 Å². The number of aromatic nitrogens is 1. The van der Waals surface area contributed by atoms with E-state index in [0.717, 1.165) is 57.3 Å². The van der Waals surface area contributed by atoms with Crippen LogP contribution in [0.2, 0.25) is 5.02 Å². The molecule has 0 radical (unpaired) electrons. The molecule has 4 rings (SSSR count). The van der Waals surface area contributed by atoms with Crippen LogP contribution >= 0.6 is 11.6 Å². The molecule has 1 aliphatic carbocycles. The average Bonchev–Trinajstić information content (AvgIpc) is 3.38. The van der Waals surface area contributed by atoms with Gasteiger partial charge in [0.05, 0.1) is 11.6 Å². The molecule has 1 saturated carbocycles. The summed E-state index contributed by atoms with van der Waals surface area (Å²) in [5.74, 6) is -0.433. The Hall–Kier alpha value is -2.97. The molecule has 1 aliphatic heterocycles. The van der Waals surface area contributed by atoms with Crippen LogP contribution in [-0.2, 0) is 4.79 Å². The molecular weight excluding hydrogens is 466 g/mol.